The van der Waals surface area contributed by atoms with Gasteiger partial charge in [0.25, 0.3) is 5.91 Å². The van der Waals surface area contributed by atoms with Gasteiger partial charge in [-0.2, -0.15) is 5.26 Å². The Hall–Kier alpha value is -1.54. The van der Waals surface area contributed by atoms with Crippen LogP contribution in [0.4, 0.5) is 0 Å². The summed E-state index contributed by atoms with van der Waals surface area (Å²) in [5.41, 5.74) is -0.533. The molecule has 1 amide bonds. The van der Waals surface area contributed by atoms with E-state index < -0.39 is 5.54 Å². The van der Waals surface area contributed by atoms with Crippen molar-refractivity contribution in [1.29, 1.82) is 5.26 Å². The van der Waals surface area contributed by atoms with Gasteiger partial charge in [-0.1, -0.05) is 13.3 Å². The van der Waals surface area contributed by atoms with Gasteiger partial charge in [-0.25, -0.2) is 0 Å². The van der Waals surface area contributed by atoms with Crippen molar-refractivity contribution in [3.05, 3.63) is 11.8 Å². The molecular formula is C12H21N3O2. The smallest absolute Gasteiger partial charge is 0.263 e. The Labute approximate surface area is 103 Å². The predicted octanol–water partition coefficient (Wildman–Crippen LogP) is 0.671. The van der Waals surface area contributed by atoms with Gasteiger partial charge in [0, 0.05) is 12.7 Å². The van der Waals surface area contributed by atoms with E-state index in [9.17, 15) is 4.79 Å². The third-order valence-corrected chi connectivity index (χ3v) is 2.18. The molecule has 0 aromatic rings. The summed E-state index contributed by atoms with van der Waals surface area (Å²) in [6.45, 7) is 6.05. The molecule has 0 aromatic heterocycles. The lowest BCUT2D eigenvalue weighted by Crippen LogP contribution is -2.40. The quantitative estimate of drug-likeness (QED) is 0.346. The molecule has 3 N–H and O–H groups in total. The highest BCUT2D eigenvalue weighted by molar-refractivity contribution is 5.97. The largest absolute Gasteiger partial charge is 0.394 e. The molecule has 0 unspecified atom stereocenters. The van der Waals surface area contributed by atoms with E-state index in [0.717, 1.165) is 12.8 Å². The van der Waals surface area contributed by atoms with Gasteiger partial charge >= 0.3 is 0 Å². The molecule has 5 nitrogen and oxygen atoms in total. The van der Waals surface area contributed by atoms with E-state index in [1.807, 2.05) is 13.0 Å². The van der Waals surface area contributed by atoms with Crippen LogP contribution in [0.15, 0.2) is 11.8 Å². The summed E-state index contributed by atoms with van der Waals surface area (Å²) in [5, 5.41) is 23.3. The van der Waals surface area contributed by atoms with E-state index in [4.69, 9.17) is 10.4 Å². The summed E-state index contributed by atoms with van der Waals surface area (Å²) >= 11 is 0. The Morgan fingerprint density at radius 1 is 1.53 bits per heavy atom. The molecule has 0 aliphatic carbocycles. The van der Waals surface area contributed by atoms with Crippen molar-refractivity contribution in [2.75, 3.05) is 13.2 Å². The van der Waals surface area contributed by atoms with Gasteiger partial charge in [0.15, 0.2) is 0 Å². The molecule has 0 saturated carbocycles. The highest BCUT2D eigenvalue weighted by Crippen LogP contribution is 2.01. The fourth-order valence-electron chi connectivity index (χ4n) is 0.936. The molecule has 0 fully saturated rings. The van der Waals surface area contributed by atoms with Crippen molar-refractivity contribution in [1.82, 2.24) is 10.6 Å². The summed E-state index contributed by atoms with van der Waals surface area (Å²) in [7, 11) is 0. The van der Waals surface area contributed by atoms with Crippen molar-refractivity contribution in [2.24, 2.45) is 0 Å². The zero-order valence-electron chi connectivity index (χ0n) is 10.7. The number of hydrogen-bond acceptors (Lipinski definition) is 4. The first-order chi connectivity index (χ1) is 7.96. The number of rotatable bonds is 7. The number of hydrogen-bond donors (Lipinski definition) is 3. The number of unbranched alkanes of at least 4 members (excludes halogenated alkanes) is 1. The maximum atomic E-state index is 11.5. The summed E-state index contributed by atoms with van der Waals surface area (Å²) < 4.78 is 0. The molecule has 0 rings (SSSR count). The first-order valence-corrected chi connectivity index (χ1v) is 5.74. The van der Waals surface area contributed by atoms with E-state index in [0.29, 0.717) is 6.54 Å². The molecule has 96 valence electrons. The molecule has 0 saturated heterocycles. The van der Waals surface area contributed by atoms with Crippen molar-refractivity contribution >= 4 is 5.91 Å². The van der Waals surface area contributed by atoms with Crippen LogP contribution in [0.5, 0.6) is 0 Å². The maximum Gasteiger partial charge on any atom is 0.263 e. The Balaban J connectivity index is 4.37. The Kier molecular flexibility index (Phi) is 6.99. The second kappa shape index (κ2) is 7.69. The lowest BCUT2D eigenvalue weighted by molar-refractivity contribution is -0.117. The molecule has 17 heavy (non-hydrogen) atoms. The monoisotopic (exact) mass is 239 g/mol. The van der Waals surface area contributed by atoms with Gasteiger partial charge in [0.1, 0.15) is 11.6 Å². The van der Waals surface area contributed by atoms with E-state index >= 15 is 0 Å². The molecule has 0 aliphatic rings. The lowest BCUT2D eigenvalue weighted by atomic mass is 10.1. The number of aliphatic hydroxyl groups is 1. The van der Waals surface area contributed by atoms with Crippen LogP contribution in [0.3, 0.4) is 0 Å². The number of aliphatic hydroxyl groups excluding tert-OH is 1. The van der Waals surface area contributed by atoms with Gasteiger partial charge in [-0.15, -0.1) is 0 Å². The molecule has 0 bridgehead atoms. The van der Waals surface area contributed by atoms with Gasteiger partial charge < -0.3 is 15.7 Å². The lowest BCUT2D eigenvalue weighted by Gasteiger charge is -2.22. The second-order valence-electron chi connectivity index (χ2n) is 4.47. The second-order valence-corrected chi connectivity index (χ2v) is 4.47. The van der Waals surface area contributed by atoms with Crippen LogP contribution in [-0.2, 0) is 4.79 Å². The Bertz CT molecular complexity index is 316. The molecule has 0 spiro atoms. The van der Waals surface area contributed by atoms with E-state index in [-0.39, 0.29) is 18.1 Å². The Morgan fingerprint density at radius 2 is 2.18 bits per heavy atom. The highest BCUT2D eigenvalue weighted by atomic mass is 16.3. The highest BCUT2D eigenvalue weighted by Gasteiger charge is 2.15. The minimum Gasteiger partial charge on any atom is -0.394 e. The van der Waals surface area contributed by atoms with Crippen molar-refractivity contribution in [3.63, 3.8) is 0 Å². The molecule has 0 heterocycles. The predicted molar refractivity (Wildman–Crippen MR) is 65.9 cm³/mol. The number of nitrogens with one attached hydrogen (secondary N) is 2. The van der Waals surface area contributed by atoms with Crippen LogP contribution < -0.4 is 10.6 Å². The first kappa shape index (κ1) is 15.5. The van der Waals surface area contributed by atoms with Crippen LogP contribution in [0.25, 0.3) is 0 Å². The standard InChI is InChI=1S/C12H21N3O2/c1-4-5-6-14-11(17)10(7-13)8-15-12(2,3)9-16/h8,15-16H,4-6,9H2,1-3H3,(H,14,17)/b10-8-. The van der Waals surface area contributed by atoms with Crippen LogP contribution >= 0.6 is 0 Å². The van der Waals surface area contributed by atoms with Gasteiger partial charge in [-0.3, -0.25) is 4.79 Å². The number of amides is 1. The number of nitriles is 1. The summed E-state index contributed by atoms with van der Waals surface area (Å²) in [6, 6.07) is 1.83. The van der Waals surface area contributed by atoms with Crippen molar-refractivity contribution in [2.45, 2.75) is 39.2 Å². The molecule has 0 aromatic carbocycles. The van der Waals surface area contributed by atoms with Gasteiger partial charge in [0.05, 0.1) is 12.1 Å². The first-order valence-electron chi connectivity index (χ1n) is 5.74. The minimum absolute atomic E-state index is 0.0163. The van der Waals surface area contributed by atoms with Crippen molar-refractivity contribution in [3.8, 4) is 6.07 Å². The average Bonchev–Trinajstić information content (AvgIpc) is 2.30. The van der Waals surface area contributed by atoms with Gasteiger partial charge in [0.2, 0.25) is 0 Å². The molecule has 0 atom stereocenters. The number of carbonyl (C=O) groups excluding carboxylic acids is 1. The topological polar surface area (TPSA) is 85.2 Å². The molecular weight excluding hydrogens is 218 g/mol. The molecule has 0 aliphatic heterocycles. The maximum absolute atomic E-state index is 11.5. The zero-order valence-corrected chi connectivity index (χ0v) is 10.7. The fourth-order valence-corrected chi connectivity index (χ4v) is 0.936. The molecule has 5 heteroatoms. The summed E-state index contributed by atoms with van der Waals surface area (Å²) in [6.07, 6.45) is 3.22. The third-order valence-electron chi connectivity index (χ3n) is 2.18. The molecule has 0 radical (unpaired) electrons. The minimum atomic E-state index is -0.550. The summed E-state index contributed by atoms with van der Waals surface area (Å²) in [5.74, 6) is -0.387. The summed E-state index contributed by atoms with van der Waals surface area (Å²) in [4.78, 5) is 11.5. The zero-order chi connectivity index (χ0) is 13.3. The van der Waals surface area contributed by atoms with Crippen molar-refractivity contribution < 1.29 is 9.90 Å². The normalized spacial score (nSPS) is 11.8. The fraction of sp³-hybridized carbons (Fsp3) is 0.667. The number of nitrogens with zero attached hydrogens (tertiary/aromatic N) is 1. The SMILES string of the molecule is CCCCNC(=O)/C(C#N)=C\NC(C)(C)CO. The van der Waals surface area contributed by atoms with Gasteiger partial charge in [-0.05, 0) is 20.3 Å². The average molecular weight is 239 g/mol. The van der Waals surface area contributed by atoms with Crippen LogP contribution in [0, 0.1) is 11.3 Å². The Morgan fingerprint density at radius 3 is 2.65 bits per heavy atom. The third kappa shape index (κ3) is 6.59. The van der Waals surface area contributed by atoms with E-state index in [2.05, 4.69) is 10.6 Å². The van der Waals surface area contributed by atoms with Crippen LogP contribution in [0.1, 0.15) is 33.6 Å². The van der Waals surface area contributed by atoms with Crippen LogP contribution in [-0.4, -0.2) is 29.7 Å². The van der Waals surface area contributed by atoms with E-state index in [1.54, 1.807) is 13.8 Å². The van der Waals surface area contributed by atoms with Crippen LogP contribution in [0.2, 0.25) is 0 Å². The van der Waals surface area contributed by atoms with E-state index in [1.165, 1.54) is 6.20 Å². The number of carbonyl (C=O) groups is 1.